The average Bonchev–Trinajstić information content (AvgIpc) is 2.88. The molecule has 1 saturated heterocycles. The number of fused-ring (bicyclic) bond motifs is 1. The molecule has 2 heterocycles. The molecular formula is C19H27BrN4O. The third-order valence-corrected chi connectivity index (χ3v) is 5.43. The van der Waals surface area contributed by atoms with Crippen LogP contribution in [0.25, 0.3) is 10.9 Å². The van der Waals surface area contributed by atoms with Gasteiger partial charge in [0.1, 0.15) is 5.82 Å². The van der Waals surface area contributed by atoms with Crippen molar-refractivity contribution in [2.45, 2.75) is 45.7 Å². The molecule has 0 amide bonds. The van der Waals surface area contributed by atoms with E-state index in [4.69, 9.17) is 4.98 Å². The number of nitrogens with one attached hydrogen (secondary N) is 1. The first kappa shape index (κ1) is 18.5. The molecule has 1 fully saturated rings. The van der Waals surface area contributed by atoms with E-state index in [1.165, 1.54) is 0 Å². The molecule has 5 nitrogen and oxygen atoms in total. The monoisotopic (exact) mass is 406 g/mol. The van der Waals surface area contributed by atoms with E-state index in [0.717, 1.165) is 61.3 Å². The van der Waals surface area contributed by atoms with E-state index in [1.54, 1.807) is 0 Å². The summed E-state index contributed by atoms with van der Waals surface area (Å²) in [5.74, 6) is 0.918. The molecule has 1 aromatic heterocycles. The van der Waals surface area contributed by atoms with Gasteiger partial charge in [0, 0.05) is 30.7 Å². The molecule has 136 valence electrons. The summed E-state index contributed by atoms with van der Waals surface area (Å²) in [6.45, 7) is 9.00. The second-order valence-electron chi connectivity index (χ2n) is 6.62. The molecule has 1 aromatic carbocycles. The summed E-state index contributed by atoms with van der Waals surface area (Å²) in [4.78, 5) is 20.5. The average molecular weight is 407 g/mol. The second kappa shape index (κ2) is 8.43. The molecule has 1 N–H and O–H groups in total. The predicted molar refractivity (Wildman–Crippen MR) is 106 cm³/mol. The van der Waals surface area contributed by atoms with Crippen molar-refractivity contribution < 1.29 is 0 Å². The van der Waals surface area contributed by atoms with Gasteiger partial charge in [-0.3, -0.25) is 14.3 Å². The van der Waals surface area contributed by atoms with Crippen LogP contribution in [0.1, 0.15) is 45.0 Å². The molecule has 0 spiro atoms. The molecular weight excluding hydrogens is 380 g/mol. The van der Waals surface area contributed by atoms with Gasteiger partial charge in [0.25, 0.3) is 5.56 Å². The van der Waals surface area contributed by atoms with Gasteiger partial charge >= 0.3 is 0 Å². The first-order chi connectivity index (χ1) is 12.2. The third-order valence-electron chi connectivity index (χ3n) is 4.94. The van der Waals surface area contributed by atoms with E-state index in [1.807, 2.05) is 29.7 Å². The summed E-state index contributed by atoms with van der Waals surface area (Å²) < 4.78 is 2.83. The molecule has 1 atom stereocenters. The molecule has 1 aliphatic heterocycles. The smallest absolute Gasteiger partial charge is 0.261 e. The maximum absolute atomic E-state index is 13.0. The zero-order chi connectivity index (χ0) is 17.8. The number of halogens is 1. The Kier molecular flexibility index (Phi) is 6.25. The van der Waals surface area contributed by atoms with Crippen LogP contribution in [-0.2, 0) is 6.54 Å². The summed E-state index contributed by atoms with van der Waals surface area (Å²) in [5, 5.41) is 4.16. The topological polar surface area (TPSA) is 50.2 Å². The Labute approximate surface area is 157 Å². The van der Waals surface area contributed by atoms with Gasteiger partial charge in [-0.05, 0) is 44.5 Å². The Morgan fingerprint density at radius 2 is 2.12 bits per heavy atom. The summed E-state index contributed by atoms with van der Waals surface area (Å²) in [5.41, 5.74) is 0.858. The number of rotatable bonds is 5. The highest BCUT2D eigenvalue weighted by atomic mass is 79.9. The number of nitrogens with zero attached hydrogens (tertiary/aromatic N) is 3. The molecule has 0 aliphatic carbocycles. The van der Waals surface area contributed by atoms with E-state index >= 15 is 0 Å². The lowest BCUT2D eigenvalue weighted by Gasteiger charge is -2.31. The zero-order valence-electron chi connectivity index (χ0n) is 15.1. The largest absolute Gasteiger partial charge is 0.315 e. The molecule has 2 aromatic rings. The van der Waals surface area contributed by atoms with Crippen LogP contribution in [0.2, 0.25) is 0 Å². The van der Waals surface area contributed by atoms with Crippen LogP contribution in [-0.4, -0.2) is 40.6 Å². The normalized spacial score (nSPS) is 17.6. The lowest BCUT2D eigenvalue weighted by Crippen LogP contribution is -2.37. The van der Waals surface area contributed by atoms with Crippen molar-refractivity contribution in [3.63, 3.8) is 0 Å². The fourth-order valence-corrected chi connectivity index (χ4v) is 4.05. The van der Waals surface area contributed by atoms with Crippen LogP contribution in [0.15, 0.2) is 27.5 Å². The number of hydrogen-bond acceptors (Lipinski definition) is 4. The molecule has 3 rings (SSSR count). The molecule has 6 heteroatoms. The van der Waals surface area contributed by atoms with Gasteiger partial charge in [-0.15, -0.1) is 0 Å². The van der Waals surface area contributed by atoms with Crippen LogP contribution in [0.5, 0.6) is 0 Å². The summed E-state index contributed by atoms with van der Waals surface area (Å²) >= 11 is 3.50. The minimum Gasteiger partial charge on any atom is -0.315 e. The molecule has 0 saturated carbocycles. The van der Waals surface area contributed by atoms with Gasteiger partial charge in [0.2, 0.25) is 0 Å². The maximum atomic E-state index is 13.0. The van der Waals surface area contributed by atoms with Crippen LogP contribution in [0.3, 0.4) is 0 Å². The Morgan fingerprint density at radius 1 is 1.28 bits per heavy atom. The van der Waals surface area contributed by atoms with Gasteiger partial charge in [0.05, 0.1) is 16.9 Å². The van der Waals surface area contributed by atoms with E-state index < -0.39 is 0 Å². The van der Waals surface area contributed by atoms with Gasteiger partial charge in [0.15, 0.2) is 0 Å². The van der Waals surface area contributed by atoms with Crippen molar-refractivity contribution in [3.05, 3.63) is 38.9 Å². The molecule has 25 heavy (non-hydrogen) atoms. The first-order valence-corrected chi connectivity index (χ1v) is 10.1. The second-order valence-corrected chi connectivity index (χ2v) is 7.54. The molecule has 0 bridgehead atoms. The van der Waals surface area contributed by atoms with Crippen LogP contribution >= 0.6 is 15.9 Å². The Bertz CT molecular complexity index is 781. The highest BCUT2D eigenvalue weighted by Gasteiger charge is 2.25. The summed E-state index contributed by atoms with van der Waals surface area (Å²) in [6, 6.07) is 5.93. The highest BCUT2D eigenvalue weighted by molar-refractivity contribution is 9.10. The number of aromatic nitrogens is 2. The fraction of sp³-hybridized carbons (Fsp3) is 0.579. The van der Waals surface area contributed by atoms with E-state index in [0.29, 0.717) is 11.9 Å². The third kappa shape index (κ3) is 3.96. The Hall–Kier alpha value is -1.24. The van der Waals surface area contributed by atoms with Crippen LogP contribution in [0, 0.1) is 0 Å². The maximum Gasteiger partial charge on any atom is 0.261 e. The summed E-state index contributed by atoms with van der Waals surface area (Å²) in [7, 11) is 0. The zero-order valence-corrected chi connectivity index (χ0v) is 16.7. The fourth-order valence-electron chi connectivity index (χ4n) is 3.70. The van der Waals surface area contributed by atoms with Crippen molar-refractivity contribution in [3.8, 4) is 0 Å². The first-order valence-electron chi connectivity index (χ1n) is 9.30. The lowest BCUT2D eigenvalue weighted by atomic mass is 10.1. The van der Waals surface area contributed by atoms with Gasteiger partial charge < -0.3 is 5.32 Å². The summed E-state index contributed by atoms with van der Waals surface area (Å²) in [6.07, 6.45) is 3.23. The Morgan fingerprint density at radius 3 is 2.88 bits per heavy atom. The lowest BCUT2D eigenvalue weighted by molar-refractivity contribution is 0.185. The van der Waals surface area contributed by atoms with Gasteiger partial charge in [-0.25, -0.2) is 4.98 Å². The molecule has 1 unspecified atom stereocenters. The minimum atomic E-state index is 0.0732. The molecule has 1 aliphatic rings. The van der Waals surface area contributed by atoms with Crippen molar-refractivity contribution in [1.82, 2.24) is 19.8 Å². The SMILES string of the molecule is CCCC(c1nc2cc(Br)ccc2c(=O)n1CC)N1CCCNCC1. The van der Waals surface area contributed by atoms with E-state index in [9.17, 15) is 4.79 Å². The van der Waals surface area contributed by atoms with Gasteiger partial charge in [-0.2, -0.15) is 0 Å². The Balaban J connectivity index is 2.13. The van der Waals surface area contributed by atoms with Crippen molar-refractivity contribution in [1.29, 1.82) is 0 Å². The number of benzene rings is 1. The molecule has 0 radical (unpaired) electrons. The minimum absolute atomic E-state index is 0.0732. The van der Waals surface area contributed by atoms with E-state index in [-0.39, 0.29) is 11.6 Å². The van der Waals surface area contributed by atoms with Crippen molar-refractivity contribution >= 4 is 26.8 Å². The van der Waals surface area contributed by atoms with Crippen LogP contribution in [0.4, 0.5) is 0 Å². The highest BCUT2D eigenvalue weighted by Crippen LogP contribution is 2.26. The standard InChI is InChI=1S/C19H27BrN4O/c1-3-6-17(23-11-5-9-21-10-12-23)18-22-16-13-14(20)7-8-15(16)19(25)24(18)4-2/h7-8,13,17,21H,3-6,9-12H2,1-2H3. The quantitative estimate of drug-likeness (QED) is 0.827. The van der Waals surface area contributed by atoms with Crippen LogP contribution < -0.4 is 10.9 Å². The van der Waals surface area contributed by atoms with Gasteiger partial charge in [-0.1, -0.05) is 29.3 Å². The van der Waals surface area contributed by atoms with Crippen molar-refractivity contribution in [2.24, 2.45) is 0 Å². The van der Waals surface area contributed by atoms with E-state index in [2.05, 4.69) is 33.1 Å². The number of hydrogen-bond donors (Lipinski definition) is 1. The van der Waals surface area contributed by atoms with Crippen molar-refractivity contribution in [2.75, 3.05) is 26.2 Å². The predicted octanol–water partition coefficient (Wildman–Crippen LogP) is 3.32.